The van der Waals surface area contributed by atoms with Gasteiger partial charge < -0.3 is 4.90 Å². The number of hydrogen-bond donors (Lipinski definition) is 0. The smallest absolute Gasteiger partial charge is 0.0726 e. The molecule has 13 rings (SSSR count). The van der Waals surface area contributed by atoms with Gasteiger partial charge in [0.05, 0.1) is 11.1 Å². The zero-order valence-electron chi connectivity index (χ0n) is 35.3. The van der Waals surface area contributed by atoms with Gasteiger partial charge in [-0.25, -0.2) is 0 Å². The van der Waals surface area contributed by atoms with E-state index >= 15 is 0 Å². The van der Waals surface area contributed by atoms with Crippen molar-refractivity contribution in [3.63, 3.8) is 0 Å². The number of nitrogens with zero attached hydrogens (tertiary/aromatic N) is 1. The highest BCUT2D eigenvalue weighted by molar-refractivity contribution is 6.16. The van der Waals surface area contributed by atoms with Crippen LogP contribution in [0.4, 0.5) is 17.1 Å². The molecule has 0 heterocycles. The molecule has 0 radical (unpaired) electrons. The second-order valence-electron chi connectivity index (χ2n) is 17.9. The summed E-state index contributed by atoms with van der Waals surface area (Å²) in [6, 6.07) is 84.0. The SMILES string of the molecule is CC1(C)c2ccccc2-c2c(-c3ccccc3)c(N(c3ccc(-c4ccccc4)cc3)c3ccc4c(c3)C3(c5ccccc5-c5ccccc53)c3ccccc3-4)c3ccccc3c21. The average molecular weight is 802 g/mol. The summed E-state index contributed by atoms with van der Waals surface area (Å²) in [6.07, 6.45) is 0. The lowest BCUT2D eigenvalue weighted by atomic mass is 9.70. The summed E-state index contributed by atoms with van der Waals surface area (Å²) in [7, 11) is 0. The Morgan fingerprint density at radius 1 is 0.317 bits per heavy atom. The van der Waals surface area contributed by atoms with E-state index in [1.165, 1.54) is 105 Å². The maximum absolute atomic E-state index is 2.58. The third kappa shape index (κ3) is 4.88. The van der Waals surface area contributed by atoms with Gasteiger partial charge in [0.2, 0.25) is 0 Å². The van der Waals surface area contributed by atoms with E-state index in [1.54, 1.807) is 0 Å². The predicted octanol–water partition coefficient (Wildman–Crippen LogP) is 16.3. The van der Waals surface area contributed by atoms with E-state index in [1.807, 2.05) is 0 Å². The Morgan fingerprint density at radius 3 is 1.37 bits per heavy atom. The fourth-order valence-corrected chi connectivity index (χ4v) is 11.9. The van der Waals surface area contributed by atoms with Crippen molar-refractivity contribution in [2.75, 3.05) is 4.90 Å². The van der Waals surface area contributed by atoms with E-state index in [2.05, 4.69) is 243 Å². The Labute approximate surface area is 369 Å². The molecule has 1 nitrogen and oxygen atoms in total. The molecule has 1 heteroatoms. The first kappa shape index (κ1) is 36.0. The fourth-order valence-electron chi connectivity index (χ4n) is 11.9. The standard InChI is InChI=1S/C62H43N/c1-61(2)52-29-15-14-28-51(52)58-57(42-21-7-4-8-22-42)60(50-27-10-9-26-49(50)59(58)61)63(43-35-33-41(34-36-43)40-19-5-3-6-20-40)44-37-38-48-47-25-13-18-32-55(47)62(56(48)39-44)53-30-16-11-23-45(53)46-24-12-17-31-54(46)62/h3-39H,1-2H3. The molecule has 1 spiro atoms. The van der Waals surface area contributed by atoms with Crippen molar-refractivity contribution in [3.8, 4) is 55.6 Å². The van der Waals surface area contributed by atoms with Crippen LogP contribution in [-0.4, -0.2) is 0 Å². The van der Waals surface area contributed by atoms with Crippen molar-refractivity contribution in [2.24, 2.45) is 0 Å². The summed E-state index contributed by atoms with van der Waals surface area (Å²) in [5, 5.41) is 2.52. The molecule has 0 saturated carbocycles. The van der Waals surface area contributed by atoms with E-state index in [0.29, 0.717) is 0 Å². The van der Waals surface area contributed by atoms with Crippen LogP contribution in [0.1, 0.15) is 47.2 Å². The van der Waals surface area contributed by atoms with Gasteiger partial charge in [-0.1, -0.05) is 214 Å². The lowest BCUT2D eigenvalue weighted by Crippen LogP contribution is -2.26. The van der Waals surface area contributed by atoms with Crippen LogP contribution in [0.2, 0.25) is 0 Å². The molecule has 10 aromatic rings. The van der Waals surface area contributed by atoms with E-state index in [0.717, 1.165) is 11.4 Å². The van der Waals surface area contributed by atoms with Gasteiger partial charge in [-0.15, -0.1) is 0 Å². The van der Waals surface area contributed by atoms with E-state index in [4.69, 9.17) is 0 Å². The van der Waals surface area contributed by atoms with Gasteiger partial charge in [-0.05, 0) is 113 Å². The van der Waals surface area contributed by atoms with Gasteiger partial charge in [0.1, 0.15) is 0 Å². The summed E-state index contributed by atoms with van der Waals surface area (Å²) in [5.41, 5.74) is 23.6. The fraction of sp³-hybridized carbons (Fsp3) is 0.0645. The van der Waals surface area contributed by atoms with Crippen LogP contribution in [-0.2, 0) is 10.8 Å². The Kier molecular flexibility index (Phi) is 7.64. The molecule has 0 unspecified atom stereocenters. The van der Waals surface area contributed by atoms with Crippen molar-refractivity contribution in [3.05, 3.63) is 258 Å². The summed E-state index contributed by atoms with van der Waals surface area (Å²) in [5.74, 6) is 0. The van der Waals surface area contributed by atoms with Crippen LogP contribution in [0.25, 0.3) is 66.4 Å². The molecular weight excluding hydrogens is 759 g/mol. The van der Waals surface area contributed by atoms with Gasteiger partial charge in [0.15, 0.2) is 0 Å². The first-order chi connectivity index (χ1) is 31.0. The minimum Gasteiger partial charge on any atom is -0.309 e. The van der Waals surface area contributed by atoms with Crippen LogP contribution in [0.3, 0.4) is 0 Å². The Hall–Kier alpha value is -7.74. The summed E-state index contributed by atoms with van der Waals surface area (Å²) in [4.78, 5) is 2.58. The minimum atomic E-state index is -0.469. The molecule has 3 aliphatic carbocycles. The second-order valence-corrected chi connectivity index (χ2v) is 17.9. The summed E-state index contributed by atoms with van der Waals surface area (Å²) in [6.45, 7) is 4.82. The molecule has 296 valence electrons. The average Bonchev–Trinajstić information content (AvgIpc) is 3.91. The van der Waals surface area contributed by atoms with E-state index in [-0.39, 0.29) is 5.41 Å². The maximum atomic E-state index is 2.58. The molecule has 0 N–H and O–H groups in total. The zero-order chi connectivity index (χ0) is 41.9. The van der Waals surface area contributed by atoms with Crippen molar-refractivity contribution >= 4 is 27.8 Å². The van der Waals surface area contributed by atoms with Crippen molar-refractivity contribution in [1.29, 1.82) is 0 Å². The van der Waals surface area contributed by atoms with Gasteiger partial charge >= 0.3 is 0 Å². The van der Waals surface area contributed by atoms with Crippen LogP contribution < -0.4 is 4.90 Å². The number of hydrogen-bond acceptors (Lipinski definition) is 1. The highest BCUT2D eigenvalue weighted by Crippen LogP contribution is 2.64. The molecule has 0 aromatic heterocycles. The molecule has 63 heavy (non-hydrogen) atoms. The Balaban J connectivity index is 1.16. The van der Waals surface area contributed by atoms with E-state index in [9.17, 15) is 0 Å². The molecule has 3 aliphatic rings. The summed E-state index contributed by atoms with van der Waals surface area (Å²) >= 11 is 0. The largest absolute Gasteiger partial charge is 0.309 e. The van der Waals surface area contributed by atoms with Crippen LogP contribution >= 0.6 is 0 Å². The third-order valence-corrected chi connectivity index (χ3v) is 14.4. The topological polar surface area (TPSA) is 3.24 Å². The number of anilines is 3. The molecular formula is C62H43N. The number of benzene rings is 10. The number of rotatable bonds is 5. The lowest BCUT2D eigenvalue weighted by molar-refractivity contribution is 0.666. The van der Waals surface area contributed by atoms with Crippen LogP contribution in [0.5, 0.6) is 0 Å². The normalized spacial score (nSPS) is 14.1. The maximum Gasteiger partial charge on any atom is 0.0726 e. The highest BCUT2D eigenvalue weighted by atomic mass is 15.1. The second kappa shape index (κ2) is 13.4. The molecule has 0 bridgehead atoms. The molecule has 10 aromatic carbocycles. The Morgan fingerprint density at radius 2 is 0.762 bits per heavy atom. The molecule has 0 amide bonds. The monoisotopic (exact) mass is 801 g/mol. The van der Waals surface area contributed by atoms with Crippen molar-refractivity contribution in [1.82, 2.24) is 0 Å². The Bertz CT molecular complexity index is 3400. The van der Waals surface area contributed by atoms with Crippen molar-refractivity contribution < 1.29 is 0 Å². The minimum absolute atomic E-state index is 0.204. The van der Waals surface area contributed by atoms with Gasteiger partial charge in [-0.3, -0.25) is 0 Å². The molecule has 0 fully saturated rings. The zero-order valence-corrected chi connectivity index (χ0v) is 35.3. The third-order valence-electron chi connectivity index (χ3n) is 14.4. The quantitative estimate of drug-likeness (QED) is 0.168. The first-order valence-corrected chi connectivity index (χ1v) is 22.2. The summed E-state index contributed by atoms with van der Waals surface area (Å²) < 4.78 is 0. The molecule has 0 atom stereocenters. The van der Waals surface area contributed by atoms with Gasteiger partial charge in [0, 0.05) is 27.7 Å². The van der Waals surface area contributed by atoms with Crippen molar-refractivity contribution in [2.45, 2.75) is 24.7 Å². The van der Waals surface area contributed by atoms with E-state index < -0.39 is 5.41 Å². The van der Waals surface area contributed by atoms with Crippen LogP contribution in [0, 0.1) is 0 Å². The lowest BCUT2D eigenvalue weighted by Gasteiger charge is -2.34. The van der Waals surface area contributed by atoms with Gasteiger partial charge in [-0.2, -0.15) is 0 Å². The molecule has 0 aliphatic heterocycles. The first-order valence-electron chi connectivity index (χ1n) is 22.2. The predicted molar refractivity (Wildman–Crippen MR) is 263 cm³/mol. The van der Waals surface area contributed by atoms with Gasteiger partial charge in [0.25, 0.3) is 0 Å². The van der Waals surface area contributed by atoms with Crippen LogP contribution in [0.15, 0.2) is 224 Å². The number of fused-ring (bicyclic) bond motifs is 15. The molecule has 0 saturated heterocycles. The highest BCUT2D eigenvalue weighted by Gasteiger charge is 2.52.